The minimum absolute atomic E-state index is 0.0877. The molecule has 0 unspecified atom stereocenters. The average molecular weight is 553 g/mol. The molecule has 1 saturated heterocycles. The Hall–Kier alpha value is -4.55. The van der Waals surface area contributed by atoms with Gasteiger partial charge < -0.3 is 16.0 Å². The van der Waals surface area contributed by atoms with E-state index < -0.39 is 17.6 Å². The smallest absolute Gasteiger partial charge is 0.383 e. The zero-order chi connectivity index (χ0) is 28.6. The van der Waals surface area contributed by atoms with E-state index in [1.807, 2.05) is 18.7 Å². The number of pyridine rings is 1. The van der Waals surface area contributed by atoms with Crippen molar-refractivity contribution >= 4 is 34.5 Å². The van der Waals surface area contributed by atoms with Crippen molar-refractivity contribution in [1.29, 1.82) is 0 Å². The first-order valence-corrected chi connectivity index (χ1v) is 12.8. The molecular formula is C27H27F3N8O2. The highest BCUT2D eigenvalue weighted by Crippen LogP contribution is 2.34. The van der Waals surface area contributed by atoms with Crippen LogP contribution in [0.1, 0.15) is 48.7 Å². The number of hydrogen-bond acceptors (Lipinski definition) is 7. The van der Waals surface area contributed by atoms with Gasteiger partial charge in [-0.1, -0.05) is 26.0 Å². The van der Waals surface area contributed by atoms with Gasteiger partial charge in [0.05, 0.1) is 17.0 Å². The first kappa shape index (κ1) is 27.0. The second-order valence-corrected chi connectivity index (χ2v) is 9.94. The maximum atomic E-state index is 13.0. The highest BCUT2D eigenvalue weighted by molar-refractivity contribution is 6.04. The fraction of sp³-hybridized carbons (Fsp3) is 0.333. The van der Waals surface area contributed by atoms with Crippen LogP contribution < -0.4 is 11.1 Å². The van der Waals surface area contributed by atoms with Crippen molar-refractivity contribution in [3.8, 4) is 11.3 Å². The minimum Gasteiger partial charge on any atom is -0.383 e. The summed E-state index contributed by atoms with van der Waals surface area (Å²) >= 11 is 0. The van der Waals surface area contributed by atoms with Crippen molar-refractivity contribution in [3.05, 3.63) is 60.0 Å². The molecule has 3 N–H and O–H groups in total. The van der Waals surface area contributed by atoms with E-state index >= 15 is 0 Å². The van der Waals surface area contributed by atoms with Gasteiger partial charge in [0.2, 0.25) is 5.91 Å². The van der Waals surface area contributed by atoms with E-state index in [1.54, 1.807) is 16.8 Å². The summed E-state index contributed by atoms with van der Waals surface area (Å²) in [5.74, 6) is -0.606. The molecule has 0 radical (unpaired) electrons. The van der Waals surface area contributed by atoms with Crippen LogP contribution in [0.5, 0.6) is 0 Å². The number of carbonyl (C=O) groups is 2. The van der Waals surface area contributed by atoms with E-state index in [1.165, 1.54) is 18.5 Å². The number of benzene rings is 1. The highest BCUT2D eigenvalue weighted by atomic mass is 19.4. The van der Waals surface area contributed by atoms with E-state index in [-0.39, 0.29) is 35.1 Å². The van der Waals surface area contributed by atoms with Gasteiger partial charge in [-0.3, -0.25) is 9.59 Å². The lowest BCUT2D eigenvalue weighted by Gasteiger charge is -2.34. The zero-order valence-corrected chi connectivity index (χ0v) is 21.8. The van der Waals surface area contributed by atoms with E-state index in [2.05, 4.69) is 20.3 Å². The van der Waals surface area contributed by atoms with Crippen LogP contribution >= 0.6 is 0 Å². The quantitative estimate of drug-likeness (QED) is 0.371. The van der Waals surface area contributed by atoms with Crippen molar-refractivity contribution in [2.24, 2.45) is 5.92 Å². The van der Waals surface area contributed by atoms with E-state index in [4.69, 9.17) is 10.8 Å². The molecule has 0 saturated carbocycles. The van der Waals surface area contributed by atoms with Crippen molar-refractivity contribution in [2.75, 3.05) is 24.1 Å². The number of alkyl halides is 3. The summed E-state index contributed by atoms with van der Waals surface area (Å²) < 4.78 is 40.8. The fourth-order valence-corrected chi connectivity index (χ4v) is 4.81. The van der Waals surface area contributed by atoms with Crippen LogP contribution in [-0.2, 0) is 11.0 Å². The molecule has 2 amide bonds. The monoisotopic (exact) mass is 552 g/mol. The predicted octanol–water partition coefficient (Wildman–Crippen LogP) is 4.56. The third kappa shape index (κ3) is 5.31. The van der Waals surface area contributed by atoms with Crippen LogP contribution in [0.2, 0.25) is 0 Å². The molecule has 1 fully saturated rings. The van der Waals surface area contributed by atoms with Gasteiger partial charge in [0.25, 0.3) is 5.91 Å². The molecular weight excluding hydrogens is 525 g/mol. The summed E-state index contributed by atoms with van der Waals surface area (Å²) in [5, 5.41) is 7.79. The molecule has 10 nitrogen and oxygen atoms in total. The summed E-state index contributed by atoms with van der Waals surface area (Å²) in [5.41, 5.74) is 7.25. The van der Waals surface area contributed by atoms with Crippen LogP contribution in [0.4, 0.5) is 24.8 Å². The molecule has 13 heteroatoms. The molecule has 5 rings (SSSR count). The highest BCUT2D eigenvalue weighted by Gasteiger charge is 2.31. The molecule has 4 aromatic rings. The number of anilines is 2. The number of halogens is 3. The van der Waals surface area contributed by atoms with E-state index in [9.17, 15) is 22.8 Å². The third-order valence-electron chi connectivity index (χ3n) is 6.82. The standard InChI is InChI=1S/C27H27F3N8O2/c1-15(2)26(40)37-11-3-4-19(13-37)38-24-21(23(31)33-14-34-24)22(36-38)16-5-7-17(8-6-16)25(39)35-20-12-18(9-10-32-20)27(28,29)30/h5-10,12,14-15,19H,3-4,11,13H2,1-2H3,(H2,31,33,34)(H,32,35,39)/t19-/m1/s1. The molecule has 0 aliphatic carbocycles. The Morgan fingerprint density at radius 1 is 1.10 bits per heavy atom. The molecule has 208 valence electrons. The Morgan fingerprint density at radius 2 is 1.85 bits per heavy atom. The van der Waals surface area contributed by atoms with Gasteiger partial charge in [-0.2, -0.15) is 18.3 Å². The maximum Gasteiger partial charge on any atom is 0.416 e. The van der Waals surface area contributed by atoms with Gasteiger partial charge >= 0.3 is 6.18 Å². The number of hydrogen-bond donors (Lipinski definition) is 2. The summed E-state index contributed by atoms with van der Waals surface area (Å²) in [6.07, 6.45) is -0.564. The van der Waals surface area contributed by atoms with E-state index in [0.717, 1.165) is 31.2 Å². The van der Waals surface area contributed by atoms with Crippen molar-refractivity contribution < 1.29 is 22.8 Å². The molecule has 1 aromatic carbocycles. The Labute approximate surface area is 227 Å². The number of piperidine rings is 1. The molecule has 4 heterocycles. The van der Waals surface area contributed by atoms with E-state index in [0.29, 0.717) is 35.4 Å². The van der Waals surface area contributed by atoms with Gasteiger partial charge in [0.15, 0.2) is 5.65 Å². The molecule has 3 aromatic heterocycles. The van der Waals surface area contributed by atoms with Crippen LogP contribution in [0.25, 0.3) is 22.3 Å². The van der Waals surface area contributed by atoms with Gasteiger partial charge in [-0.15, -0.1) is 0 Å². The largest absolute Gasteiger partial charge is 0.416 e. The minimum atomic E-state index is -4.55. The predicted molar refractivity (Wildman–Crippen MR) is 142 cm³/mol. The number of rotatable bonds is 5. The normalized spacial score (nSPS) is 15.9. The summed E-state index contributed by atoms with van der Waals surface area (Å²) in [6, 6.07) is 7.91. The summed E-state index contributed by atoms with van der Waals surface area (Å²) in [7, 11) is 0. The number of nitrogens with two attached hydrogens (primary N) is 1. The number of likely N-dealkylation sites (tertiary alicyclic amines) is 1. The van der Waals surface area contributed by atoms with Gasteiger partial charge in [0, 0.05) is 36.3 Å². The van der Waals surface area contributed by atoms with Crippen molar-refractivity contribution in [1.82, 2.24) is 29.6 Å². The zero-order valence-electron chi connectivity index (χ0n) is 21.8. The number of carbonyl (C=O) groups excluding carboxylic acids is 2. The lowest BCUT2D eigenvalue weighted by Crippen LogP contribution is -2.42. The molecule has 1 aliphatic rings. The summed E-state index contributed by atoms with van der Waals surface area (Å²) in [4.78, 5) is 39.6. The number of nitrogen functional groups attached to an aromatic ring is 1. The van der Waals surface area contributed by atoms with Crippen molar-refractivity contribution in [2.45, 2.75) is 38.9 Å². The third-order valence-corrected chi connectivity index (χ3v) is 6.82. The Balaban J connectivity index is 1.42. The Kier molecular flexibility index (Phi) is 7.13. The number of aromatic nitrogens is 5. The molecule has 1 aliphatic heterocycles. The number of nitrogens with one attached hydrogen (secondary N) is 1. The number of amides is 2. The average Bonchev–Trinajstić information content (AvgIpc) is 3.33. The van der Waals surface area contributed by atoms with Crippen LogP contribution in [0.15, 0.2) is 48.9 Å². The topological polar surface area (TPSA) is 132 Å². The second kappa shape index (κ2) is 10.5. The van der Waals surface area contributed by atoms with Crippen LogP contribution in [0.3, 0.4) is 0 Å². The molecule has 0 bridgehead atoms. The SMILES string of the molecule is CC(C)C(=O)N1CCC[C@@H](n2nc(-c3ccc(C(=O)Nc4cc(C(F)(F)F)ccn4)cc3)c3c(N)ncnc32)C1. The van der Waals surface area contributed by atoms with Crippen LogP contribution in [-0.4, -0.2) is 54.5 Å². The summed E-state index contributed by atoms with van der Waals surface area (Å²) in [6.45, 7) is 4.94. The Bertz CT molecular complexity index is 1570. The number of fused-ring (bicyclic) bond motifs is 1. The first-order chi connectivity index (χ1) is 19.0. The maximum absolute atomic E-state index is 13.0. The fourth-order valence-electron chi connectivity index (χ4n) is 4.81. The number of nitrogens with zero attached hydrogens (tertiary/aromatic N) is 6. The van der Waals surface area contributed by atoms with Gasteiger partial charge in [-0.25, -0.2) is 19.6 Å². The lowest BCUT2D eigenvalue weighted by molar-refractivity contribution is -0.137. The molecule has 40 heavy (non-hydrogen) atoms. The Morgan fingerprint density at radius 3 is 2.55 bits per heavy atom. The second-order valence-electron chi connectivity index (χ2n) is 9.94. The molecule has 1 atom stereocenters. The van der Waals surface area contributed by atoms with Crippen molar-refractivity contribution in [3.63, 3.8) is 0 Å². The molecule has 0 spiro atoms. The van der Waals surface area contributed by atoms with Crippen LogP contribution in [0, 0.1) is 5.92 Å². The first-order valence-electron chi connectivity index (χ1n) is 12.8. The lowest BCUT2D eigenvalue weighted by atomic mass is 10.0. The van der Waals surface area contributed by atoms with Gasteiger partial charge in [0.1, 0.15) is 23.7 Å². The van der Waals surface area contributed by atoms with Gasteiger partial charge in [-0.05, 0) is 37.1 Å².